The third kappa shape index (κ3) is 20.3. The smallest absolute Gasteiger partial charge is 0.243 e. The summed E-state index contributed by atoms with van der Waals surface area (Å²) in [4.78, 5) is 135. The molecular weight excluding hydrogens is 1010 g/mol. The summed E-state index contributed by atoms with van der Waals surface area (Å²) in [6, 6.07) is 7.61. The molecule has 9 amide bonds. The number of aliphatic imine (C=N–C) groups is 1. The van der Waals surface area contributed by atoms with E-state index in [9.17, 15) is 43.2 Å². The zero-order valence-electron chi connectivity index (χ0n) is 41.9. The van der Waals surface area contributed by atoms with Crippen LogP contribution < -0.4 is 59.7 Å². The summed E-state index contributed by atoms with van der Waals surface area (Å²) in [6.45, 7) is 3.09. The van der Waals surface area contributed by atoms with Crippen LogP contribution in [0.4, 0.5) is 0 Å². The SMILES string of the molecule is CCCC[C@H](NC(C)=O)C(=O)N[C@@H](CS)C(=O)NCCC(=O)N[C@@H](Cc1cnc[nH]1)C(=O)N[C@H](Cc1ccccc1)C(=O)N[C@@H](CCCN=C(N)N)C(=O)N[C@@H](Cc1c[nH]c2ccccc12)C(=O)N[C@@H](CS)C(N)=O. The Hall–Kier alpha value is -7.61. The van der Waals surface area contributed by atoms with Gasteiger partial charge in [0, 0.05) is 86.2 Å². The van der Waals surface area contributed by atoms with Crippen LogP contribution in [-0.4, -0.2) is 141 Å². The van der Waals surface area contributed by atoms with Gasteiger partial charge in [0.05, 0.1) is 6.33 Å². The molecule has 24 nitrogen and oxygen atoms in total. The summed E-state index contributed by atoms with van der Waals surface area (Å²) in [5.74, 6) is -6.64. The van der Waals surface area contributed by atoms with E-state index in [4.69, 9.17) is 17.2 Å². The number of hydrogen-bond acceptors (Lipinski definition) is 13. The van der Waals surface area contributed by atoms with Crippen LogP contribution in [-0.2, 0) is 62.4 Å². The first-order chi connectivity index (χ1) is 35.9. The highest BCUT2D eigenvalue weighted by Crippen LogP contribution is 2.20. The fourth-order valence-corrected chi connectivity index (χ4v) is 8.29. The molecule has 0 aliphatic heterocycles. The molecule has 0 spiro atoms. The largest absolute Gasteiger partial charge is 0.370 e. The lowest BCUT2D eigenvalue weighted by Gasteiger charge is -2.27. The number of primary amides is 1. The van der Waals surface area contributed by atoms with Gasteiger partial charge in [-0.05, 0) is 36.5 Å². The van der Waals surface area contributed by atoms with Gasteiger partial charge in [-0.15, -0.1) is 0 Å². The van der Waals surface area contributed by atoms with Crippen LogP contribution in [0.15, 0.2) is 78.3 Å². The van der Waals surface area contributed by atoms with Crippen LogP contribution in [0, 0.1) is 0 Å². The first-order valence-electron chi connectivity index (χ1n) is 24.4. The van der Waals surface area contributed by atoms with Crippen LogP contribution >= 0.6 is 25.3 Å². The normalized spacial score (nSPS) is 13.8. The number of guanidine groups is 1. The maximum atomic E-state index is 14.6. The minimum absolute atomic E-state index is 0.0466. The maximum Gasteiger partial charge on any atom is 0.243 e. The van der Waals surface area contributed by atoms with E-state index in [-0.39, 0.29) is 69.1 Å². The van der Waals surface area contributed by atoms with Gasteiger partial charge in [0.1, 0.15) is 42.3 Å². The second kappa shape index (κ2) is 31.2. The maximum absolute atomic E-state index is 14.6. The van der Waals surface area contributed by atoms with Crippen LogP contribution in [0.5, 0.6) is 0 Å². The van der Waals surface area contributed by atoms with Gasteiger partial charge in [0.2, 0.25) is 53.2 Å². The summed E-state index contributed by atoms with van der Waals surface area (Å²) in [5, 5.41) is 22.0. The molecule has 2 heterocycles. The number of nitrogens with one attached hydrogen (secondary N) is 10. The van der Waals surface area contributed by atoms with Crippen molar-refractivity contribution in [2.45, 2.75) is 114 Å². The lowest BCUT2D eigenvalue weighted by Crippen LogP contribution is -2.60. The van der Waals surface area contributed by atoms with E-state index in [1.807, 2.05) is 31.2 Å². The Bertz CT molecular complexity index is 2580. The number of nitrogens with two attached hydrogens (primary N) is 3. The molecular formula is C49H69N15O9S2. The number of imidazole rings is 1. The van der Waals surface area contributed by atoms with Gasteiger partial charge in [-0.1, -0.05) is 68.3 Å². The molecule has 75 heavy (non-hydrogen) atoms. The van der Waals surface area contributed by atoms with Crippen LogP contribution in [0.3, 0.4) is 0 Å². The van der Waals surface area contributed by atoms with Crippen LogP contribution in [0.2, 0.25) is 0 Å². The minimum atomic E-state index is -1.36. The summed E-state index contributed by atoms with van der Waals surface area (Å²) < 4.78 is 0. The number of thiol groups is 2. The Morgan fingerprint density at radius 1 is 0.627 bits per heavy atom. The number of aromatic amines is 2. The zero-order valence-corrected chi connectivity index (χ0v) is 43.6. The fraction of sp³-hybridized carbons (Fsp3) is 0.449. The molecule has 2 aromatic heterocycles. The van der Waals surface area contributed by atoms with Gasteiger partial charge in [-0.3, -0.25) is 48.1 Å². The summed E-state index contributed by atoms with van der Waals surface area (Å²) in [5.41, 5.74) is 19.1. The third-order valence-corrected chi connectivity index (χ3v) is 12.4. The molecule has 2 aromatic carbocycles. The molecule has 0 bridgehead atoms. The number of hydrogen-bond donors (Lipinski definition) is 15. The number of fused-ring (bicyclic) bond motifs is 1. The number of aromatic nitrogens is 3. The van der Waals surface area contributed by atoms with E-state index in [1.165, 1.54) is 19.4 Å². The van der Waals surface area contributed by atoms with E-state index in [0.717, 1.165) is 17.3 Å². The van der Waals surface area contributed by atoms with E-state index >= 15 is 0 Å². The molecule has 0 radical (unpaired) electrons. The Morgan fingerprint density at radius 2 is 1.19 bits per heavy atom. The van der Waals surface area contributed by atoms with Gasteiger partial charge >= 0.3 is 0 Å². The average molecular weight is 1080 g/mol. The Kier molecular flexibility index (Phi) is 24.9. The van der Waals surface area contributed by atoms with E-state index in [0.29, 0.717) is 29.7 Å². The molecule has 16 N–H and O–H groups in total. The molecule has 0 saturated carbocycles. The van der Waals surface area contributed by atoms with Crippen LogP contribution in [0.25, 0.3) is 10.9 Å². The monoisotopic (exact) mass is 1080 g/mol. The molecule has 4 aromatic rings. The highest BCUT2D eigenvalue weighted by atomic mass is 32.1. The Labute approximate surface area is 445 Å². The molecule has 0 unspecified atom stereocenters. The van der Waals surface area contributed by atoms with Crippen molar-refractivity contribution >= 4 is 95.3 Å². The summed E-state index contributed by atoms with van der Waals surface area (Å²) in [7, 11) is 0. The molecule has 0 aliphatic rings. The first kappa shape index (κ1) is 59.9. The molecule has 0 saturated heterocycles. The Morgan fingerprint density at radius 3 is 1.79 bits per heavy atom. The van der Waals surface area contributed by atoms with Crippen molar-refractivity contribution in [2.24, 2.45) is 22.2 Å². The lowest BCUT2D eigenvalue weighted by molar-refractivity contribution is -0.135. The predicted molar refractivity (Wildman–Crippen MR) is 288 cm³/mol. The number of carbonyl (C=O) groups is 9. The Balaban J connectivity index is 1.55. The highest BCUT2D eigenvalue weighted by molar-refractivity contribution is 7.80. The third-order valence-electron chi connectivity index (χ3n) is 11.7. The molecule has 4 rings (SSSR count). The van der Waals surface area contributed by atoms with Crippen molar-refractivity contribution in [2.75, 3.05) is 24.6 Å². The number of para-hydroxylation sites is 1. The minimum Gasteiger partial charge on any atom is -0.370 e. The van der Waals surface area contributed by atoms with E-state index < -0.39 is 95.5 Å². The van der Waals surface area contributed by atoms with Crippen molar-refractivity contribution < 1.29 is 43.2 Å². The van der Waals surface area contributed by atoms with Crippen molar-refractivity contribution in [3.05, 3.63) is 90.1 Å². The topological polar surface area (TPSA) is 385 Å². The van der Waals surface area contributed by atoms with Crippen molar-refractivity contribution in [1.29, 1.82) is 0 Å². The number of nitrogens with zero attached hydrogens (tertiary/aromatic N) is 2. The molecule has 7 atom stereocenters. The van der Waals surface area contributed by atoms with Crippen LogP contribution in [0.1, 0.15) is 69.2 Å². The number of H-pyrrole nitrogens is 2. The van der Waals surface area contributed by atoms with Gasteiger partial charge in [0.15, 0.2) is 5.96 Å². The molecule has 0 fully saturated rings. The van der Waals surface area contributed by atoms with E-state index in [1.54, 1.807) is 36.5 Å². The van der Waals surface area contributed by atoms with E-state index in [2.05, 4.69) is 87.7 Å². The molecule has 406 valence electrons. The number of benzene rings is 2. The zero-order chi connectivity index (χ0) is 54.9. The van der Waals surface area contributed by atoms with Gasteiger partial charge in [-0.2, -0.15) is 25.3 Å². The number of carbonyl (C=O) groups excluding carboxylic acids is 9. The number of amides is 9. The summed E-state index contributed by atoms with van der Waals surface area (Å²) in [6.07, 6.45) is 5.92. The molecule has 26 heteroatoms. The van der Waals surface area contributed by atoms with Crippen molar-refractivity contribution in [3.63, 3.8) is 0 Å². The highest BCUT2D eigenvalue weighted by Gasteiger charge is 2.33. The predicted octanol–water partition coefficient (Wildman–Crippen LogP) is -1.57. The first-order valence-corrected chi connectivity index (χ1v) is 25.7. The van der Waals surface area contributed by atoms with Crippen molar-refractivity contribution in [1.82, 2.24) is 57.5 Å². The quantitative estimate of drug-likeness (QED) is 0.0114. The number of unbranched alkanes of at least 4 members (excludes halogenated alkanes) is 1. The second-order valence-corrected chi connectivity index (χ2v) is 18.3. The molecule has 0 aliphatic carbocycles. The lowest BCUT2D eigenvalue weighted by atomic mass is 10.0. The summed E-state index contributed by atoms with van der Waals surface area (Å²) >= 11 is 8.36. The van der Waals surface area contributed by atoms with Gasteiger partial charge in [-0.25, -0.2) is 4.98 Å². The van der Waals surface area contributed by atoms with Crippen molar-refractivity contribution in [3.8, 4) is 0 Å². The van der Waals surface area contributed by atoms with Gasteiger partial charge < -0.3 is 69.7 Å². The standard InChI is InChI=1S/C49H69N15O9S2/c1-3-4-14-34(58-28(2)65)44(69)64-40(26-75)43(68)54-19-17-41(66)59-38(22-31-24-53-27-57-31)48(73)61-36(20-29-11-6-5-7-12-29)46(71)60-35(16-10-18-55-49(51)52)45(70)62-37(47(72)63-39(25-74)42(50)67)21-30-23-56-33-15-9-8-13-32(30)33/h5-9,11-13,15,23-24,27,34-40,56,74-75H,3-4,10,14,16-22,25-26H2,1-2H3,(H2,50,67)(H,53,57)(H,54,68)(H,58,65)(H,59,66)(H,60,71)(H,61,73)(H,62,70)(H,63,72)(H,64,69)(H4,51,52,55)/t34-,35-,36+,37-,38-,39-,40-/m0/s1. The number of rotatable bonds is 32. The average Bonchev–Trinajstić information content (AvgIpc) is 4.06. The fourth-order valence-electron chi connectivity index (χ4n) is 7.76. The van der Waals surface area contributed by atoms with Gasteiger partial charge in [0.25, 0.3) is 0 Å². The second-order valence-electron chi connectivity index (χ2n) is 17.6.